The lowest BCUT2D eigenvalue weighted by atomic mass is 9.91. The molecule has 154 valence electrons. The van der Waals surface area contributed by atoms with Crippen molar-refractivity contribution in [2.75, 3.05) is 6.54 Å². The van der Waals surface area contributed by atoms with Gasteiger partial charge < -0.3 is 15.1 Å². The molecule has 4 nitrogen and oxygen atoms in total. The highest BCUT2D eigenvalue weighted by Crippen LogP contribution is 2.42. The zero-order valence-corrected chi connectivity index (χ0v) is 18.5. The van der Waals surface area contributed by atoms with Gasteiger partial charge in [-0.1, -0.05) is 46.3 Å². The number of rotatable bonds is 3. The number of hydrogen-bond acceptors (Lipinski definition) is 2. The summed E-state index contributed by atoms with van der Waals surface area (Å²) in [4.78, 5) is 9.72. The normalized spacial score (nSPS) is 16.7. The minimum atomic E-state index is 0.0987. The number of fused-ring (bicyclic) bond motifs is 4. The molecule has 0 saturated carbocycles. The number of phenolic OH excluding ortho intramolecular Hbond substituents is 1. The molecule has 0 fully saturated rings. The highest BCUT2D eigenvalue weighted by atomic mass is 79.9. The second kappa shape index (κ2) is 7.29. The number of halogens is 1. The van der Waals surface area contributed by atoms with Crippen LogP contribution in [-0.2, 0) is 13.0 Å². The van der Waals surface area contributed by atoms with Crippen molar-refractivity contribution in [3.05, 3.63) is 99.8 Å². The number of nitrogens with one attached hydrogen (secondary N) is 2. The molecule has 0 radical (unpaired) electrons. The van der Waals surface area contributed by atoms with E-state index in [1.807, 2.05) is 12.1 Å². The number of H-pyrrole nitrogens is 2. The first kappa shape index (κ1) is 18.7. The summed E-state index contributed by atoms with van der Waals surface area (Å²) in [5.74, 6) is 0.314. The van der Waals surface area contributed by atoms with Gasteiger partial charge in [0.1, 0.15) is 5.75 Å². The van der Waals surface area contributed by atoms with Crippen molar-refractivity contribution >= 4 is 37.7 Å². The average molecular weight is 472 g/mol. The third kappa shape index (κ3) is 3.16. The van der Waals surface area contributed by atoms with E-state index in [0.717, 1.165) is 40.4 Å². The van der Waals surface area contributed by atoms with Crippen LogP contribution in [0.4, 0.5) is 0 Å². The molecule has 1 unspecified atom stereocenters. The molecule has 1 atom stereocenters. The Hall–Kier alpha value is -3.02. The van der Waals surface area contributed by atoms with Crippen molar-refractivity contribution in [1.29, 1.82) is 0 Å². The first-order valence-corrected chi connectivity index (χ1v) is 11.3. The Morgan fingerprint density at radius 3 is 2.68 bits per heavy atom. The minimum Gasteiger partial charge on any atom is -0.508 e. The average Bonchev–Trinajstić information content (AvgIpc) is 3.35. The van der Waals surface area contributed by atoms with E-state index in [1.165, 1.54) is 27.8 Å². The minimum absolute atomic E-state index is 0.0987. The lowest BCUT2D eigenvalue weighted by molar-refractivity contribution is 0.203. The molecule has 0 aliphatic carbocycles. The molecule has 2 aromatic heterocycles. The summed E-state index contributed by atoms with van der Waals surface area (Å²) in [6.45, 7) is 1.84. The molecular formula is C26H22BrN3O. The van der Waals surface area contributed by atoms with Crippen molar-refractivity contribution in [1.82, 2.24) is 14.9 Å². The zero-order valence-electron chi connectivity index (χ0n) is 16.9. The van der Waals surface area contributed by atoms with Crippen LogP contribution >= 0.6 is 15.9 Å². The van der Waals surface area contributed by atoms with E-state index in [-0.39, 0.29) is 6.04 Å². The quantitative estimate of drug-likeness (QED) is 0.290. The van der Waals surface area contributed by atoms with Gasteiger partial charge in [-0.25, -0.2) is 0 Å². The highest BCUT2D eigenvalue weighted by Gasteiger charge is 2.33. The van der Waals surface area contributed by atoms with E-state index in [0.29, 0.717) is 5.75 Å². The van der Waals surface area contributed by atoms with Gasteiger partial charge in [0.05, 0.1) is 6.04 Å². The second-order valence-corrected chi connectivity index (χ2v) is 9.21. The van der Waals surface area contributed by atoms with Crippen LogP contribution in [0.15, 0.2) is 77.4 Å². The predicted octanol–water partition coefficient (Wildman–Crippen LogP) is 6.27. The molecule has 5 heteroatoms. The monoisotopic (exact) mass is 471 g/mol. The maximum atomic E-state index is 10.1. The highest BCUT2D eigenvalue weighted by molar-refractivity contribution is 9.10. The summed E-state index contributed by atoms with van der Waals surface area (Å²) >= 11 is 3.65. The Bertz CT molecular complexity index is 1400. The third-order valence-electron chi connectivity index (χ3n) is 6.41. The largest absolute Gasteiger partial charge is 0.508 e. The lowest BCUT2D eigenvalue weighted by Crippen LogP contribution is -2.35. The van der Waals surface area contributed by atoms with Crippen LogP contribution in [-0.4, -0.2) is 26.5 Å². The van der Waals surface area contributed by atoms with Gasteiger partial charge in [-0.15, -0.1) is 0 Å². The Labute approximate surface area is 188 Å². The number of aromatic amines is 2. The number of aromatic hydroxyl groups is 1. The molecule has 6 rings (SSSR count). The number of hydrogen-bond donors (Lipinski definition) is 3. The van der Waals surface area contributed by atoms with Crippen molar-refractivity contribution < 1.29 is 5.11 Å². The van der Waals surface area contributed by atoms with Gasteiger partial charge in [0.2, 0.25) is 0 Å². The Kier molecular flexibility index (Phi) is 4.40. The molecule has 1 aliphatic rings. The van der Waals surface area contributed by atoms with E-state index < -0.39 is 0 Å². The fourth-order valence-electron chi connectivity index (χ4n) is 5.01. The topological polar surface area (TPSA) is 55.0 Å². The summed E-state index contributed by atoms with van der Waals surface area (Å²) in [6, 6.07) is 22.8. The molecular weight excluding hydrogens is 450 g/mol. The SMILES string of the molecule is Oc1ccc2[nH]c3c(c2c1)CCN(Cc1ccccc1)C3c1c[nH]c2ccc(Br)cc12. The fourth-order valence-corrected chi connectivity index (χ4v) is 5.37. The number of phenols is 1. The molecule has 0 bridgehead atoms. The third-order valence-corrected chi connectivity index (χ3v) is 6.90. The van der Waals surface area contributed by atoms with E-state index in [1.54, 1.807) is 6.07 Å². The van der Waals surface area contributed by atoms with Gasteiger partial charge in [0.25, 0.3) is 0 Å². The van der Waals surface area contributed by atoms with Crippen molar-refractivity contribution in [3.8, 4) is 5.75 Å². The van der Waals surface area contributed by atoms with Gasteiger partial charge >= 0.3 is 0 Å². The van der Waals surface area contributed by atoms with E-state index in [4.69, 9.17) is 0 Å². The van der Waals surface area contributed by atoms with Gasteiger partial charge in [0.15, 0.2) is 0 Å². The Morgan fingerprint density at radius 2 is 1.81 bits per heavy atom. The van der Waals surface area contributed by atoms with Crippen molar-refractivity contribution in [2.45, 2.75) is 19.0 Å². The second-order valence-electron chi connectivity index (χ2n) is 8.29. The summed E-state index contributed by atoms with van der Waals surface area (Å²) in [5, 5.41) is 12.4. The fraction of sp³-hybridized carbons (Fsp3) is 0.154. The van der Waals surface area contributed by atoms with Gasteiger partial charge in [-0.2, -0.15) is 0 Å². The summed E-state index contributed by atoms with van der Waals surface area (Å²) in [6.07, 6.45) is 3.10. The molecule has 31 heavy (non-hydrogen) atoms. The summed E-state index contributed by atoms with van der Waals surface area (Å²) in [5.41, 5.74) is 7.33. The van der Waals surface area contributed by atoms with E-state index in [9.17, 15) is 5.11 Å². The van der Waals surface area contributed by atoms with Crippen LogP contribution in [0.1, 0.15) is 28.4 Å². The Balaban J connectivity index is 1.55. The first-order valence-electron chi connectivity index (χ1n) is 10.6. The number of aromatic nitrogens is 2. The smallest absolute Gasteiger partial charge is 0.116 e. The maximum Gasteiger partial charge on any atom is 0.116 e. The number of benzene rings is 3. The van der Waals surface area contributed by atoms with Gasteiger partial charge in [0, 0.05) is 56.8 Å². The van der Waals surface area contributed by atoms with Crippen LogP contribution in [0.3, 0.4) is 0 Å². The zero-order chi connectivity index (χ0) is 20.9. The van der Waals surface area contributed by atoms with Gasteiger partial charge in [-0.05, 0) is 53.9 Å². The summed E-state index contributed by atoms with van der Waals surface area (Å²) < 4.78 is 1.08. The lowest BCUT2D eigenvalue weighted by Gasteiger charge is -2.36. The molecule has 3 heterocycles. The van der Waals surface area contributed by atoms with Crippen molar-refractivity contribution in [2.24, 2.45) is 0 Å². The maximum absolute atomic E-state index is 10.1. The molecule has 1 aliphatic heterocycles. The van der Waals surface area contributed by atoms with Gasteiger partial charge in [-0.3, -0.25) is 4.90 Å². The number of nitrogens with zero attached hydrogens (tertiary/aromatic N) is 1. The van der Waals surface area contributed by atoms with Crippen LogP contribution in [0, 0.1) is 0 Å². The standard InChI is InChI=1S/C26H22BrN3O/c27-17-6-8-23-20(12-17)22(14-28-23)26-25-19(21-13-18(31)7-9-24(21)29-25)10-11-30(26)15-16-4-2-1-3-5-16/h1-9,12-14,26,28-29,31H,10-11,15H2. The van der Waals surface area contributed by atoms with E-state index in [2.05, 4.69) is 85.5 Å². The van der Waals surface area contributed by atoms with Crippen LogP contribution in [0.2, 0.25) is 0 Å². The first-order chi connectivity index (χ1) is 15.2. The molecule has 3 aromatic carbocycles. The molecule has 0 saturated heterocycles. The van der Waals surface area contributed by atoms with E-state index >= 15 is 0 Å². The molecule has 0 spiro atoms. The summed E-state index contributed by atoms with van der Waals surface area (Å²) in [7, 11) is 0. The molecule has 3 N–H and O–H groups in total. The van der Waals surface area contributed by atoms with Crippen LogP contribution in [0.25, 0.3) is 21.8 Å². The van der Waals surface area contributed by atoms with Crippen LogP contribution < -0.4 is 0 Å². The molecule has 0 amide bonds. The van der Waals surface area contributed by atoms with Crippen molar-refractivity contribution in [3.63, 3.8) is 0 Å². The Morgan fingerprint density at radius 1 is 0.968 bits per heavy atom. The van der Waals surface area contributed by atoms with Crippen LogP contribution in [0.5, 0.6) is 5.75 Å². The predicted molar refractivity (Wildman–Crippen MR) is 128 cm³/mol. The molecule has 5 aromatic rings.